The van der Waals surface area contributed by atoms with Gasteiger partial charge in [0.15, 0.2) is 0 Å². The second-order valence-corrected chi connectivity index (χ2v) is 10.1. The van der Waals surface area contributed by atoms with Gasteiger partial charge < -0.3 is 15.7 Å². The molecule has 1 aromatic carbocycles. The molecule has 1 fully saturated rings. The van der Waals surface area contributed by atoms with Gasteiger partial charge >= 0.3 is 0 Å². The lowest BCUT2D eigenvalue weighted by molar-refractivity contribution is -0.125. The summed E-state index contributed by atoms with van der Waals surface area (Å²) in [7, 11) is -4.15. The molecule has 0 spiro atoms. The van der Waals surface area contributed by atoms with Gasteiger partial charge in [0, 0.05) is 25.2 Å². The molecule has 10 nitrogen and oxygen atoms in total. The molecule has 0 radical (unpaired) electrons. The van der Waals surface area contributed by atoms with Crippen molar-refractivity contribution in [3.05, 3.63) is 59.4 Å². The van der Waals surface area contributed by atoms with Crippen LogP contribution in [0.3, 0.4) is 0 Å². The molecule has 188 valence electrons. The van der Waals surface area contributed by atoms with Crippen LogP contribution in [-0.4, -0.2) is 55.9 Å². The maximum Gasteiger partial charge on any atom is 0.269 e. The minimum atomic E-state index is -4.15. The lowest BCUT2D eigenvalue weighted by atomic mass is 9.88. The first kappa shape index (κ1) is 26.3. The molecule has 0 saturated heterocycles. The van der Waals surface area contributed by atoms with Gasteiger partial charge in [-0.15, -0.1) is 0 Å². The van der Waals surface area contributed by atoms with Crippen molar-refractivity contribution >= 4 is 27.7 Å². The maximum atomic E-state index is 12.7. The number of pyridine rings is 1. The number of aliphatic hydroxyl groups excluding tert-OH is 1. The Morgan fingerprint density at radius 1 is 0.971 bits per heavy atom. The SMILES string of the molecule is O=C(NS(=O)(=O)c1cccc(CCNC(=O)C2CCCCC2)c1)c1ccc(C(=O)NCCO)nc1. The van der Waals surface area contributed by atoms with Crippen LogP contribution in [0.5, 0.6) is 0 Å². The van der Waals surface area contributed by atoms with Crippen molar-refractivity contribution in [2.24, 2.45) is 5.92 Å². The van der Waals surface area contributed by atoms with E-state index in [2.05, 4.69) is 15.6 Å². The first-order chi connectivity index (χ1) is 16.8. The summed E-state index contributed by atoms with van der Waals surface area (Å²) in [5.74, 6) is -1.30. The van der Waals surface area contributed by atoms with Crippen molar-refractivity contribution in [2.75, 3.05) is 19.7 Å². The summed E-state index contributed by atoms with van der Waals surface area (Å²) in [6.45, 7) is 0.239. The molecule has 0 bridgehead atoms. The summed E-state index contributed by atoms with van der Waals surface area (Å²) in [5, 5.41) is 14.1. The topological polar surface area (TPSA) is 155 Å². The number of nitrogens with one attached hydrogen (secondary N) is 3. The number of aliphatic hydroxyl groups is 1. The highest BCUT2D eigenvalue weighted by molar-refractivity contribution is 7.90. The molecule has 11 heteroatoms. The Bertz CT molecular complexity index is 1140. The van der Waals surface area contributed by atoms with Gasteiger partial charge in [-0.2, -0.15) is 0 Å². The van der Waals surface area contributed by atoms with Gasteiger partial charge in [-0.25, -0.2) is 13.1 Å². The molecule has 1 aliphatic rings. The number of carbonyl (C=O) groups is 3. The summed E-state index contributed by atoms with van der Waals surface area (Å²) in [6, 6.07) is 8.77. The molecule has 35 heavy (non-hydrogen) atoms. The third-order valence-electron chi connectivity index (χ3n) is 5.78. The predicted octanol–water partition coefficient (Wildman–Crippen LogP) is 1.16. The molecule has 0 aliphatic heterocycles. The lowest BCUT2D eigenvalue weighted by Crippen LogP contribution is -2.33. The van der Waals surface area contributed by atoms with Gasteiger partial charge in [0.05, 0.1) is 17.1 Å². The summed E-state index contributed by atoms with van der Waals surface area (Å²) in [6.07, 6.45) is 6.70. The Morgan fingerprint density at radius 3 is 2.43 bits per heavy atom. The Balaban J connectivity index is 1.57. The third kappa shape index (κ3) is 7.59. The summed E-state index contributed by atoms with van der Waals surface area (Å²) < 4.78 is 27.5. The largest absolute Gasteiger partial charge is 0.395 e. The zero-order valence-corrected chi connectivity index (χ0v) is 20.1. The first-order valence-electron chi connectivity index (χ1n) is 11.6. The molecule has 3 amide bonds. The molecule has 1 aliphatic carbocycles. The Kier molecular flexibility index (Phi) is 9.32. The van der Waals surface area contributed by atoms with E-state index in [-0.39, 0.29) is 41.1 Å². The average Bonchev–Trinajstić information content (AvgIpc) is 2.87. The van der Waals surface area contributed by atoms with Crippen LogP contribution >= 0.6 is 0 Å². The number of aromatic nitrogens is 1. The second-order valence-electron chi connectivity index (χ2n) is 8.37. The molecule has 2 aromatic rings. The number of hydrogen-bond acceptors (Lipinski definition) is 7. The van der Waals surface area contributed by atoms with Crippen LogP contribution in [0, 0.1) is 5.92 Å². The van der Waals surface area contributed by atoms with E-state index in [0.717, 1.165) is 31.9 Å². The summed E-state index contributed by atoms with van der Waals surface area (Å²) in [4.78, 5) is 40.4. The zero-order valence-electron chi connectivity index (χ0n) is 19.3. The van der Waals surface area contributed by atoms with E-state index in [4.69, 9.17) is 5.11 Å². The van der Waals surface area contributed by atoms with Gasteiger partial charge in [-0.3, -0.25) is 19.4 Å². The highest BCUT2D eigenvalue weighted by atomic mass is 32.2. The quantitative estimate of drug-likeness (QED) is 0.380. The maximum absolute atomic E-state index is 12.7. The van der Waals surface area contributed by atoms with Crippen molar-refractivity contribution in [3.8, 4) is 0 Å². The minimum Gasteiger partial charge on any atom is -0.395 e. The molecule has 1 aromatic heterocycles. The number of nitrogens with zero attached hydrogens (tertiary/aromatic N) is 1. The van der Waals surface area contributed by atoms with Crippen LogP contribution in [0.1, 0.15) is 58.5 Å². The first-order valence-corrected chi connectivity index (χ1v) is 13.1. The van der Waals surface area contributed by atoms with E-state index in [9.17, 15) is 22.8 Å². The fourth-order valence-electron chi connectivity index (χ4n) is 3.87. The Labute approximate surface area is 204 Å². The van der Waals surface area contributed by atoms with Crippen molar-refractivity contribution < 1.29 is 27.9 Å². The predicted molar refractivity (Wildman–Crippen MR) is 128 cm³/mol. The zero-order chi connectivity index (χ0) is 25.3. The van der Waals surface area contributed by atoms with E-state index in [0.29, 0.717) is 18.5 Å². The number of carbonyl (C=O) groups excluding carboxylic acids is 3. The highest BCUT2D eigenvalue weighted by Crippen LogP contribution is 2.23. The number of amides is 3. The van der Waals surface area contributed by atoms with E-state index in [1.807, 2.05) is 4.72 Å². The molecule has 0 atom stereocenters. The summed E-state index contributed by atoms with van der Waals surface area (Å²) in [5.41, 5.74) is 0.708. The van der Waals surface area contributed by atoms with Gasteiger partial charge in [-0.05, 0) is 49.1 Å². The molecule has 4 N–H and O–H groups in total. The van der Waals surface area contributed by atoms with Gasteiger partial charge in [0.25, 0.3) is 21.8 Å². The van der Waals surface area contributed by atoms with E-state index in [1.54, 1.807) is 12.1 Å². The number of benzene rings is 1. The van der Waals surface area contributed by atoms with Crippen LogP contribution in [0.4, 0.5) is 0 Å². The lowest BCUT2D eigenvalue weighted by Gasteiger charge is -2.20. The number of hydrogen-bond donors (Lipinski definition) is 4. The fourth-order valence-corrected chi connectivity index (χ4v) is 4.91. The van der Waals surface area contributed by atoms with Crippen LogP contribution in [0.2, 0.25) is 0 Å². The average molecular weight is 503 g/mol. The van der Waals surface area contributed by atoms with Crippen LogP contribution in [0.15, 0.2) is 47.5 Å². The van der Waals surface area contributed by atoms with Crippen molar-refractivity contribution in [2.45, 2.75) is 43.4 Å². The molecule has 3 rings (SSSR count). The standard InChI is InChI=1S/C24H30N4O6S/c29-14-13-26-24(32)21-10-9-19(16-27-21)23(31)28-35(33,34)20-8-4-5-17(15-20)11-12-25-22(30)18-6-2-1-3-7-18/h4-5,8-10,15-16,18,29H,1-3,6-7,11-14H2,(H,25,30)(H,26,32)(H,28,31). The fraction of sp³-hybridized carbons (Fsp3) is 0.417. The number of rotatable bonds is 10. The van der Waals surface area contributed by atoms with Crippen molar-refractivity contribution in [1.29, 1.82) is 0 Å². The van der Waals surface area contributed by atoms with Crippen molar-refractivity contribution in [3.63, 3.8) is 0 Å². The van der Waals surface area contributed by atoms with Crippen LogP contribution in [0.25, 0.3) is 0 Å². The van der Waals surface area contributed by atoms with Gasteiger partial charge in [0.1, 0.15) is 5.69 Å². The monoisotopic (exact) mass is 502 g/mol. The molecular weight excluding hydrogens is 472 g/mol. The van der Waals surface area contributed by atoms with E-state index < -0.39 is 21.8 Å². The van der Waals surface area contributed by atoms with Crippen molar-refractivity contribution in [1.82, 2.24) is 20.3 Å². The van der Waals surface area contributed by atoms with Gasteiger partial charge in [-0.1, -0.05) is 31.4 Å². The normalized spacial score (nSPS) is 14.2. The van der Waals surface area contributed by atoms with Crippen LogP contribution in [-0.2, 0) is 21.2 Å². The minimum absolute atomic E-state index is 0.0288. The van der Waals surface area contributed by atoms with Gasteiger partial charge in [0.2, 0.25) is 5.91 Å². The number of sulfonamides is 1. The van der Waals surface area contributed by atoms with E-state index in [1.165, 1.54) is 30.7 Å². The summed E-state index contributed by atoms with van der Waals surface area (Å²) >= 11 is 0. The molecule has 0 unspecified atom stereocenters. The Hall–Kier alpha value is -3.31. The molecule has 1 heterocycles. The third-order valence-corrected chi connectivity index (χ3v) is 7.11. The second kappa shape index (κ2) is 12.4. The molecule has 1 saturated carbocycles. The Morgan fingerprint density at radius 2 is 1.74 bits per heavy atom. The molecular formula is C24H30N4O6S. The smallest absolute Gasteiger partial charge is 0.269 e. The highest BCUT2D eigenvalue weighted by Gasteiger charge is 2.21. The van der Waals surface area contributed by atoms with E-state index >= 15 is 0 Å². The van der Waals surface area contributed by atoms with Crippen LogP contribution < -0.4 is 15.4 Å².